The highest BCUT2D eigenvalue weighted by molar-refractivity contribution is 7.98. The van der Waals surface area contributed by atoms with Gasteiger partial charge in [-0.05, 0) is 0 Å². The van der Waals surface area contributed by atoms with E-state index in [1.165, 1.54) is 17.8 Å². The smallest absolute Gasteiger partial charge is 0.225 e. The summed E-state index contributed by atoms with van der Waals surface area (Å²) in [4.78, 5) is 19.6. The van der Waals surface area contributed by atoms with Crippen LogP contribution in [0.15, 0.2) is 11.2 Å². The summed E-state index contributed by atoms with van der Waals surface area (Å²) < 4.78 is 0. The number of nitrogen functional groups attached to an aromatic ring is 4. The maximum absolute atomic E-state index is 5.55. The van der Waals surface area contributed by atoms with Gasteiger partial charge in [0, 0.05) is 6.07 Å². The molecule has 0 unspecified atom stereocenters. The Kier molecular flexibility index (Phi) is 3.28. The van der Waals surface area contributed by atoms with Crippen molar-refractivity contribution in [1.29, 1.82) is 0 Å². The molecule has 18 heavy (non-hydrogen) atoms. The van der Waals surface area contributed by atoms with Gasteiger partial charge in [0.25, 0.3) is 0 Å². The van der Waals surface area contributed by atoms with Crippen LogP contribution < -0.4 is 22.9 Å². The number of rotatable bonds is 3. The highest BCUT2D eigenvalue weighted by Crippen LogP contribution is 2.19. The monoisotopic (exact) mass is 265 g/mol. The van der Waals surface area contributed by atoms with Gasteiger partial charge in [0.1, 0.15) is 17.5 Å². The van der Waals surface area contributed by atoms with Crippen molar-refractivity contribution in [2.45, 2.75) is 10.9 Å². The van der Waals surface area contributed by atoms with Gasteiger partial charge in [-0.25, -0.2) is 9.97 Å². The van der Waals surface area contributed by atoms with Gasteiger partial charge in [-0.2, -0.15) is 15.0 Å². The van der Waals surface area contributed by atoms with Gasteiger partial charge in [0.2, 0.25) is 11.9 Å². The number of nitrogens with zero attached hydrogens (tertiary/aromatic N) is 5. The summed E-state index contributed by atoms with van der Waals surface area (Å²) in [6.07, 6.45) is 0. The standard InChI is InChI=1S/C8H11N9S/c9-3-1-4(10)14-8(13-3)18-2-5-15-6(11)17-7(12)16-5/h1H,2H2,(H4,9,10,13,14)(H4,11,12,15,16,17). The first kappa shape index (κ1) is 12.1. The maximum atomic E-state index is 5.55. The van der Waals surface area contributed by atoms with Crippen LogP contribution in [-0.2, 0) is 5.75 Å². The number of hydrogen-bond donors (Lipinski definition) is 4. The SMILES string of the molecule is Nc1cc(N)nc(SCc2nc(N)nc(N)n2)n1. The number of hydrogen-bond acceptors (Lipinski definition) is 10. The molecular formula is C8H11N9S. The molecule has 0 fully saturated rings. The minimum absolute atomic E-state index is 0.0751. The number of nitrogens with two attached hydrogens (primary N) is 4. The summed E-state index contributed by atoms with van der Waals surface area (Å²) >= 11 is 1.27. The minimum Gasteiger partial charge on any atom is -0.383 e. The van der Waals surface area contributed by atoms with Crippen LogP contribution in [0, 0.1) is 0 Å². The molecule has 0 amide bonds. The van der Waals surface area contributed by atoms with Crippen LogP contribution in [0.4, 0.5) is 23.5 Å². The largest absolute Gasteiger partial charge is 0.383 e. The summed E-state index contributed by atoms with van der Waals surface area (Å²) in [5.74, 6) is 1.59. The highest BCUT2D eigenvalue weighted by atomic mass is 32.2. The molecule has 0 aromatic carbocycles. The fourth-order valence-electron chi connectivity index (χ4n) is 1.18. The summed E-state index contributed by atoms with van der Waals surface area (Å²) in [6, 6.07) is 1.48. The van der Waals surface area contributed by atoms with E-state index >= 15 is 0 Å². The van der Waals surface area contributed by atoms with Crippen molar-refractivity contribution in [3.05, 3.63) is 11.9 Å². The van der Waals surface area contributed by atoms with Crippen LogP contribution in [0.25, 0.3) is 0 Å². The van der Waals surface area contributed by atoms with Crippen LogP contribution in [0.1, 0.15) is 5.82 Å². The lowest BCUT2D eigenvalue weighted by Gasteiger charge is -2.03. The molecule has 2 aromatic rings. The second-order valence-corrected chi connectivity index (χ2v) is 4.20. The number of aromatic nitrogens is 5. The fourth-order valence-corrected chi connectivity index (χ4v) is 1.90. The second kappa shape index (κ2) is 4.87. The van der Waals surface area contributed by atoms with E-state index in [2.05, 4.69) is 24.9 Å². The van der Waals surface area contributed by atoms with Gasteiger partial charge in [0.15, 0.2) is 5.16 Å². The number of thioether (sulfide) groups is 1. The summed E-state index contributed by atoms with van der Waals surface area (Å²) in [6.45, 7) is 0. The normalized spacial score (nSPS) is 10.4. The van der Waals surface area contributed by atoms with Crippen molar-refractivity contribution in [2.24, 2.45) is 0 Å². The van der Waals surface area contributed by atoms with Crippen molar-refractivity contribution >= 4 is 35.3 Å². The first-order valence-corrected chi connectivity index (χ1v) is 5.80. The third-order valence-electron chi connectivity index (χ3n) is 1.79. The topological polar surface area (TPSA) is 169 Å². The maximum Gasteiger partial charge on any atom is 0.225 e. The lowest BCUT2D eigenvalue weighted by molar-refractivity contribution is 0.961. The molecule has 10 heteroatoms. The Labute approximate surface area is 106 Å². The molecule has 0 aliphatic carbocycles. The first-order valence-electron chi connectivity index (χ1n) is 4.81. The van der Waals surface area contributed by atoms with Gasteiger partial charge >= 0.3 is 0 Å². The van der Waals surface area contributed by atoms with Crippen LogP contribution in [0.2, 0.25) is 0 Å². The lowest BCUT2D eigenvalue weighted by Crippen LogP contribution is -2.06. The van der Waals surface area contributed by atoms with Gasteiger partial charge in [-0.15, -0.1) is 0 Å². The average Bonchev–Trinajstić information content (AvgIpc) is 2.23. The van der Waals surface area contributed by atoms with Crippen LogP contribution in [-0.4, -0.2) is 24.9 Å². The van der Waals surface area contributed by atoms with Crippen molar-refractivity contribution < 1.29 is 0 Å². The van der Waals surface area contributed by atoms with Gasteiger partial charge in [-0.3, -0.25) is 0 Å². The molecule has 8 N–H and O–H groups in total. The zero-order chi connectivity index (χ0) is 13.1. The fraction of sp³-hybridized carbons (Fsp3) is 0.125. The van der Waals surface area contributed by atoms with Crippen molar-refractivity contribution in [1.82, 2.24) is 24.9 Å². The van der Waals surface area contributed by atoms with E-state index in [9.17, 15) is 0 Å². The molecule has 2 rings (SSSR count). The molecule has 9 nitrogen and oxygen atoms in total. The van der Waals surface area contributed by atoms with Crippen molar-refractivity contribution in [3.63, 3.8) is 0 Å². The number of anilines is 4. The zero-order valence-electron chi connectivity index (χ0n) is 9.24. The van der Waals surface area contributed by atoms with E-state index in [0.717, 1.165) is 0 Å². The van der Waals surface area contributed by atoms with E-state index in [4.69, 9.17) is 22.9 Å². The Morgan fingerprint density at radius 3 is 1.94 bits per heavy atom. The zero-order valence-corrected chi connectivity index (χ0v) is 10.1. The van der Waals surface area contributed by atoms with E-state index in [0.29, 0.717) is 28.4 Å². The van der Waals surface area contributed by atoms with Gasteiger partial charge in [-0.1, -0.05) is 11.8 Å². The second-order valence-electron chi connectivity index (χ2n) is 3.26. The summed E-state index contributed by atoms with van der Waals surface area (Å²) in [5.41, 5.74) is 22.0. The molecule has 0 aliphatic rings. The minimum atomic E-state index is 0.0751. The molecule has 2 aromatic heterocycles. The van der Waals surface area contributed by atoms with E-state index in [1.54, 1.807) is 0 Å². The predicted molar refractivity (Wildman–Crippen MR) is 69.1 cm³/mol. The summed E-state index contributed by atoms with van der Waals surface area (Å²) in [7, 11) is 0. The van der Waals surface area contributed by atoms with Crippen LogP contribution in [0.5, 0.6) is 0 Å². The average molecular weight is 265 g/mol. The van der Waals surface area contributed by atoms with Gasteiger partial charge in [0.05, 0.1) is 5.75 Å². The molecule has 0 saturated heterocycles. The van der Waals surface area contributed by atoms with E-state index < -0.39 is 0 Å². The van der Waals surface area contributed by atoms with Crippen LogP contribution in [0.3, 0.4) is 0 Å². The molecule has 0 bridgehead atoms. The molecule has 0 spiro atoms. The van der Waals surface area contributed by atoms with E-state index in [-0.39, 0.29) is 11.9 Å². The van der Waals surface area contributed by atoms with Gasteiger partial charge < -0.3 is 22.9 Å². The van der Waals surface area contributed by atoms with E-state index in [1.807, 2.05) is 0 Å². The molecule has 2 heterocycles. The molecule has 94 valence electrons. The third kappa shape index (κ3) is 3.07. The molecule has 0 aliphatic heterocycles. The lowest BCUT2D eigenvalue weighted by atomic mass is 10.5. The Bertz CT molecular complexity index is 480. The first-order chi connectivity index (χ1) is 8.52. The Morgan fingerprint density at radius 1 is 0.833 bits per heavy atom. The highest BCUT2D eigenvalue weighted by Gasteiger charge is 2.06. The molecular weight excluding hydrogens is 254 g/mol. The Hall–Kier alpha value is -2.36. The Morgan fingerprint density at radius 2 is 1.39 bits per heavy atom. The molecule has 0 radical (unpaired) electrons. The molecule has 0 atom stereocenters. The molecule has 0 saturated carbocycles. The van der Waals surface area contributed by atoms with Crippen molar-refractivity contribution in [3.8, 4) is 0 Å². The quantitative estimate of drug-likeness (QED) is 0.410. The summed E-state index contributed by atoms with van der Waals surface area (Å²) in [5, 5.41) is 0.435. The predicted octanol–water partition coefficient (Wildman–Crippen LogP) is -0.717. The third-order valence-corrected chi connectivity index (χ3v) is 2.64. The van der Waals surface area contributed by atoms with Crippen LogP contribution >= 0.6 is 11.8 Å². The van der Waals surface area contributed by atoms with Crippen molar-refractivity contribution in [2.75, 3.05) is 22.9 Å². The Balaban J connectivity index is 2.11.